The van der Waals surface area contributed by atoms with Gasteiger partial charge in [0, 0.05) is 42.5 Å². The molecule has 0 bridgehead atoms. The molecule has 2 aromatic rings. The van der Waals surface area contributed by atoms with Crippen LogP contribution in [0.2, 0.25) is 5.02 Å². The van der Waals surface area contributed by atoms with E-state index in [2.05, 4.69) is 21.2 Å². The average molecular weight is 344 g/mol. The molecule has 0 saturated carbocycles. The van der Waals surface area contributed by atoms with Crippen molar-refractivity contribution >= 4 is 23.2 Å². The van der Waals surface area contributed by atoms with Crippen LogP contribution < -0.4 is 10.2 Å². The predicted molar refractivity (Wildman–Crippen MR) is 98.8 cm³/mol. The monoisotopic (exact) mass is 343 g/mol. The molecule has 1 saturated heterocycles. The Balaban J connectivity index is 1.47. The van der Waals surface area contributed by atoms with Gasteiger partial charge in [-0.1, -0.05) is 35.4 Å². The molecule has 3 rings (SSSR count). The second-order valence-corrected chi connectivity index (χ2v) is 6.55. The van der Waals surface area contributed by atoms with Crippen LogP contribution in [0.25, 0.3) is 0 Å². The van der Waals surface area contributed by atoms with Gasteiger partial charge in [-0.05, 0) is 37.3 Å². The van der Waals surface area contributed by atoms with E-state index in [1.807, 2.05) is 49.4 Å². The minimum Gasteiger partial charge on any atom is -0.369 e. The molecule has 5 heteroatoms. The van der Waals surface area contributed by atoms with Crippen LogP contribution in [0.15, 0.2) is 48.5 Å². The molecule has 1 aliphatic heterocycles. The second-order valence-electron chi connectivity index (χ2n) is 6.11. The molecule has 126 valence electrons. The quantitative estimate of drug-likeness (QED) is 0.926. The first kappa shape index (κ1) is 16.8. The van der Waals surface area contributed by atoms with Gasteiger partial charge < -0.3 is 10.2 Å². The molecule has 0 unspecified atom stereocenters. The summed E-state index contributed by atoms with van der Waals surface area (Å²) in [5.74, 6) is -0.0210. The van der Waals surface area contributed by atoms with Crippen molar-refractivity contribution < 1.29 is 4.79 Å². The lowest BCUT2D eigenvalue weighted by atomic mass is 10.1. The highest BCUT2D eigenvalue weighted by atomic mass is 35.5. The van der Waals surface area contributed by atoms with Crippen LogP contribution in [0.3, 0.4) is 0 Å². The predicted octanol–water partition coefficient (Wildman–Crippen LogP) is 3.16. The summed E-state index contributed by atoms with van der Waals surface area (Å²) in [6.45, 7) is 6.29. The van der Waals surface area contributed by atoms with E-state index in [4.69, 9.17) is 11.6 Å². The Kier molecular flexibility index (Phi) is 5.38. The Hall–Kier alpha value is -2.04. The highest BCUT2D eigenvalue weighted by molar-refractivity contribution is 6.30. The van der Waals surface area contributed by atoms with Crippen molar-refractivity contribution in [3.05, 3.63) is 64.7 Å². The molecule has 0 atom stereocenters. The number of aryl methyl sites for hydroxylation is 1. The first-order chi connectivity index (χ1) is 11.6. The largest absolute Gasteiger partial charge is 0.369 e. The number of carbonyl (C=O) groups excluding carboxylic acids is 1. The molecule has 24 heavy (non-hydrogen) atoms. The fourth-order valence-corrected chi connectivity index (χ4v) is 3.01. The van der Waals surface area contributed by atoms with E-state index in [9.17, 15) is 4.79 Å². The van der Waals surface area contributed by atoms with E-state index in [0.717, 1.165) is 42.5 Å². The van der Waals surface area contributed by atoms with Crippen LogP contribution in [-0.2, 0) is 0 Å². The van der Waals surface area contributed by atoms with Crippen LogP contribution in [0, 0.1) is 6.92 Å². The summed E-state index contributed by atoms with van der Waals surface area (Å²) in [5.41, 5.74) is 3.02. The average Bonchev–Trinajstić information content (AvgIpc) is 2.61. The van der Waals surface area contributed by atoms with E-state index in [1.165, 1.54) is 0 Å². The summed E-state index contributed by atoms with van der Waals surface area (Å²) in [7, 11) is 0. The Morgan fingerprint density at radius 1 is 1.08 bits per heavy atom. The third kappa shape index (κ3) is 4.28. The molecule has 4 nitrogen and oxygen atoms in total. The summed E-state index contributed by atoms with van der Waals surface area (Å²) >= 11 is 6.06. The number of anilines is 1. The standard InChI is InChI=1S/C19H22ClN3O/c1-15-5-7-16(8-6-15)19(24)21-14-22-9-11-23(12-10-22)18-4-2-3-17(20)13-18/h2-8,13H,9-12,14H2,1H3,(H,21,24). The number of amides is 1. The van der Waals surface area contributed by atoms with Gasteiger partial charge >= 0.3 is 0 Å². The molecule has 0 spiro atoms. The third-order valence-electron chi connectivity index (χ3n) is 4.32. The summed E-state index contributed by atoms with van der Waals surface area (Å²) in [5, 5.41) is 3.76. The molecular weight excluding hydrogens is 322 g/mol. The molecule has 1 fully saturated rings. The lowest BCUT2D eigenvalue weighted by Crippen LogP contribution is -2.50. The summed E-state index contributed by atoms with van der Waals surface area (Å²) < 4.78 is 0. The third-order valence-corrected chi connectivity index (χ3v) is 4.56. The Bertz CT molecular complexity index is 694. The van der Waals surface area contributed by atoms with Crippen LogP contribution in [0.1, 0.15) is 15.9 Å². The van der Waals surface area contributed by atoms with Gasteiger partial charge in [-0.15, -0.1) is 0 Å². The summed E-state index contributed by atoms with van der Waals surface area (Å²) in [4.78, 5) is 16.7. The van der Waals surface area contributed by atoms with Crippen LogP contribution in [0.4, 0.5) is 5.69 Å². The van der Waals surface area contributed by atoms with Crippen molar-refractivity contribution in [3.63, 3.8) is 0 Å². The number of benzene rings is 2. The topological polar surface area (TPSA) is 35.6 Å². The number of nitrogens with one attached hydrogen (secondary N) is 1. The van der Waals surface area contributed by atoms with Crippen LogP contribution in [0.5, 0.6) is 0 Å². The van der Waals surface area contributed by atoms with Gasteiger partial charge in [-0.2, -0.15) is 0 Å². The normalized spacial score (nSPS) is 15.3. The van der Waals surface area contributed by atoms with E-state index in [-0.39, 0.29) is 5.91 Å². The Morgan fingerprint density at radius 3 is 2.46 bits per heavy atom. The van der Waals surface area contributed by atoms with Gasteiger partial charge in [-0.3, -0.25) is 9.69 Å². The van der Waals surface area contributed by atoms with Crippen LogP contribution in [-0.4, -0.2) is 43.7 Å². The number of piperazine rings is 1. The first-order valence-corrected chi connectivity index (χ1v) is 8.57. The molecule has 1 heterocycles. The van der Waals surface area contributed by atoms with Crippen molar-refractivity contribution in [2.75, 3.05) is 37.7 Å². The summed E-state index contributed by atoms with van der Waals surface area (Å²) in [6, 6.07) is 15.6. The number of nitrogens with zero attached hydrogens (tertiary/aromatic N) is 2. The van der Waals surface area contributed by atoms with Crippen molar-refractivity contribution in [2.24, 2.45) is 0 Å². The van der Waals surface area contributed by atoms with E-state index >= 15 is 0 Å². The maximum Gasteiger partial charge on any atom is 0.252 e. The van der Waals surface area contributed by atoms with Crippen molar-refractivity contribution in [3.8, 4) is 0 Å². The molecule has 1 aliphatic rings. The van der Waals surface area contributed by atoms with Gasteiger partial charge in [0.2, 0.25) is 0 Å². The van der Waals surface area contributed by atoms with E-state index in [1.54, 1.807) is 0 Å². The van der Waals surface area contributed by atoms with Crippen LogP contribution >= 0.6 is 11.6 Å². The molecule has 1 amide bonds. The van der Waals surface area contributed by atoms with Crippen molar-refractivity contribution in [1.82, 2.24) is 10.2 Å². The Labute approximate surface area is 148 Å². The maximum absolute atomic E-state index is 12.2. The molecule has 0 aromatic heterocycles. The number of halogens is 1. The first-order valence-electron chi connectivity index (χ1n) is 8.19. The molecule has 0 radical (unpaired) electrons. The lowest BCUT2D eigenvalue weighted by molar-refractivity contribution is 0.0920. The molecule has 0 aliphatic carbocycles. The van der Waals surface area contributed by atoms with Gasteiger partial charge in [0.25, 0.3) is 5.91 Å². The Morgan fingerprint density at radius 2 is 1.79 bits per heavy atom. The zero-order valence-corrected chi connectivity index (χ0v) is 14.6. The van der Waals surface area contributed by atoms with Crippen molar-refractivity contribution in [2.45, 2.75) is 6.92 Å². The van der Waals surface area contributed by atoms with Gasteiger partial charge in [0.1, 0.15) is 0 Å². The SMILES string of the molecule is Cc1ccc(C(=O)NCN2CCN(c3cccc(Cl)c3)CC2)cc1. The second kappa shape index (κ2) is 7.69. The molecular formula is C19H22ClN3O. The van der Waals surface area contributed by atoms with Crippen molar-refractivity contribution in [1.29, 1.82) is 0 Å². The highest BCUT2D eigenvalue weighted by Crippen LogP contribution is 2.20. The van der Waals surface area contributed by atoms with Gasteiger partial charge in [-0.25, -0.2) is 0 Å². The number of hydrogen-bond donors (Lipinski definition) is 1. The van der Waals surface area contributed by atoms with E-state index in [0.29, 0.717) is 12.2 Å². The minimum absolute atomic E-state index is 0.0210. The molecule has 2 aromatic carbocycles. The summed E-state index contributed by atoms with van der Waals surface area (Å²) in [6.07, 6.45) is 0. The fraction of sp³-hybridized carbons (Fsp3) is 0.316. The zero-order chi connectivity index (χ0) is 16.9. The number of carbonyl (C=O) groups is 1. The van der Waals surface area contributed by atoms with Gasteiger partial charge in [0.15, 0.2) is 0 Å². The van der Waals surface area contributed by atoms with E-state index < -0.39 is 0 Å². The smallest absolute Gasteiger partial charge is 0.252 e. The number of hydrogen-bond acceptors (Lipinski definition) is 3. The van der Waals surface area contributed by atoms with Gasteiger partial charge in [0.05, 0.1) is 6.67 Å². The molecule has 1 N–H and O–H groups in total. The zero-order valence-electron chi connectivity index (χ0n) is 13.8. The minimum atomic E-state index is -0.0210. The number of rotatable bonds is 4. The highest BCUT2D eigenvalue weighted by Gasteiger charge is 2.17. The lowest BCUT2D eigenvalue weighted by Gasteiger charge is -2.36. The maximum atomic E-state index is 12.2. The fourth-order valence-electron chi connectivity index (χ4n) is 2.83.